The van der Waals surface area contributed by atoms with Crippen molar-refractivity contribution < 1.29 is 57.2 Å². The van der Waals surface area contributed by atoms with Gasteiger partial charge in [-0.1, -0.05) is 47.5 Å². The van der Waals surface area contributed by atoms with E-state index in [9.17, 15) is 28.8 Å². The zero-order chi connectivity index (χ0) is 30.4. The number of carbonyl (C=O) groups is 6. The molecule has 0 bridgehead atoms. The van der Waals surface area contributed by atoms with Gasteiger partial charge in [0.1, 0.15) is 17.2 Å². The predicted octanol–water partition coefficient (Wildman–Crippen LogP) is 3.13. The van der Waals surface area contributed by atoms with Crippen LogP contribution in [0.15, 0.2) is 46.2 Å². The largest absolute Gasteiger partial charge is 0.463 e. The fourth-order valence-electron chi connectivity index (χ4n) is 4.29. The monoisotopic (exact) mass is 612 g/mol. The molecule has 0 radical (unpaired) electrons. The summed E-state index contributed by atoms with van der Waals surface area (Å²) in [5.41, 5.74) is 0.00341. The molecular weight excluding hydrogens is 587 g/mol. The van der Waals surface area contributed by atoms with Crippen LogP contribution >= 0.6 is 23.2 Å². The Morgan fingerprint density at radius 1 is 0.805 bits per heavy atom. The molecule has 1 fully saturated rings. The summed E-state index contributed by atoms with van der Waals surface area (Å²) in [5, 5.41) is 0. The highest BCUT2D eigenvalue weighted by molar-refractivity contribution is 6.55. The molecule has 1 aromatic carbocycles. The minimum Gasteiger partial charge on any atom is -0.463 e. The molecular formula is C27H26Cl2O12. The van der Waals surface area contributed by atoms with E-state index in [1.165, 1.54) is 18.2 Å². The van der Waals surface area contributed by atoms with Crippen LogP contribution in [-0.4, -0.2) is 72.8 Å². The van der Waals surface area contributed by atoms with Crippen LogP contribution in [-0.2, 0) is 47.6 Å². The Kier molecular flexibility index (Phi) is 10.7. The number of rotatable bonds is 9. The number of ether oxygens (including phenoxy) is 6. The highest BCUT2D eigenvalue weighted by atomic mass is 35.5. The van der Waals surface area contributed by atoms with Crippen LogP contribution in [0, 0.1) is 0 Å². The van der Waals surface area contributed by atoms with Crippen molar-refractivity contribution in [3.63, 3.8) is 0 Å². The number of hydrogen-bond acceptors (Lipinski definition) is 12. The van der Waals surface area contributed by atoms with Crippen molar-refractivity contribution in [1.29, 1.82) is 0 Å². The average Bonchev–Trinajstić information content (AvgIpc) is 2.88. The summed E-state index contributed by atoms with van der Waals surface area (Å²) in [6.45, 7) is 3.80. The van der Waals surface area contributed by atoms with Gasteiger partial charge in [0.2, 0.25) is 18.2 Å². The van der Waals surface area contributed by atoms with Gasteiger partial charge >= 0.3 is 23.9 Å². The number of esters is 4. The lowest BCUT2D eigenvalue weighted by atomic mass is 9.86. The van der Waals surface area contributed by atoms with E-state index in [4.69, 9.17) is 51.6 Å². The van der Waals surface area contributed by atoms with Gasteiger partial charge in [-0.25, -0.2) is 0 Å². The summed E-state index contributed by atoms with van der Waals surface area (Å²) in [5.74, 6) is -4.99. The Morgan fingerprint density at radius 3 is 1.88 bits per heavy atom. The topological polar surface area (TPSA) is 158 Å². The molecule has 0 amide bonds. The maximum atomic E-state index is 13.6. The lowest BCUT2D eigenvalue weighted by molar-refractivity contribution is -0.299. The molecule has 3 rings (SSSR count). The predicted molar refractivity (Wildman–Crippen MR) is 140 cm³/mol. The van der Waals surface area contributed by atoms with Crippen molar-refractivity contribution in [3.05, 3.63) is 57.3 Å². The molecule has 1 aliphatic heterocycles. The van der Waals surface area contributed by atoms with Crippen molar-refractivity contribution in [2.45, 2.75) is 64.8 Å². The molecule has 41 heavy (non-hydrogen) atoms. The van der Waals surface area contributed by atoms with Crippen LogP contribution < -0.4 is 0 Å². The SMILES string of the molecule is CC(=O)OC[C@@H]1O[C@@H](OC2=C(CC=C(Cl)Cl)C(=O)c3ccccc3C2=O)[C@@H](OC(C)=O)[C@@H](OC(C)=O)[C@@H]1OC(C)=O. The van der Waals surface area contributed by atoms with Gasteiger partial charge in [0.15, 0.2) is 23.8 Å². The summed E-state index contributed by atoms with van der Waals surface area (Å²) in [6, 6.07) is 6.02. The van der Waals surface area contributed by atoms with Gasteiger partial charge in [0.25, 0.3) is 0 Å². The number of fused-ring (bicyclic) bond motifs is 1. The molecule has 5 atom stereocenters. The second-order valence-electron chi connectivity index (χ2n) is 8.89. The smallest absolute Gasteiger partial charge is 0.303 e. The summed E-state index contributed by atoms with van der Waals surface area (Å²) in [6.07, 6.45) is -6.59. The van der Waals surface area contributed by atoms with Crippen molar-refractivity contribution >= 4 is 58.6 Å². The first kappa shape index (κ1) is 31.8. The number of ketones is 2. The van der Waals surface area contributed by atoms with Crippen molar-refractivity contribution in [1.82, 2.24) is 0 Å². The van der Waals surface area contributed by atoms with Crippen LogP contribution in [0.3, 0.4) is 0 Å². The van der Waals surface area contributed by atoms with Crippen molar-refractivity contribution in [2.24, 2.45) is 0 Å². The first-order valence-corrected chi connectivity index (χ1v) is 13.0. The van der Waals surface area contributed by atoms with E-state index in [1.807, 2.05) is 0 Å². The number of Topliss-reactive ketones (excluding diaryl/α,β-unsaturated/α-hetero) is 2. The molecule has 0 unspecified atom stereocenters. The van der Waals surface area contributed by atoms with E-state index in [0.29, 0.717) is 0 Å². The van der Waals surface area contributed by atoms with E-state index in [2.05, 4.69) is 0 Å². The normalized spacial score (nSPS) is 23.6. The van der Waals surface area contributed by atoms with Crippen LogP contribution in [0.4, 0.5) is 0 Å². The van der Waals surface area contributed by atoms with Gasteiger partial charge in [-0.2, -0.15) is 0 Å². The Morgan fingerprint density at radius 2 is 1.34 bits per heavy atom. The van der Waals surface area contributed by atoms with Gasteiger partial charge in [-0.05, 0) is 6.08 Å². The van der Waals surface area contributed by atoms with Gasteiger partial charge in [0, 0.05) is 45.2 Å². The molecule has 0 saturated carbocycles. The van der Waals surface area contributed by atoms with Gasteiger partial charge in [-0.3, -0.25) is 28.8 Å². The summed E-state index contributed by atoms with van der Waals surface area (Å²) >= 11 is 11.5. The van der Waals surface area contributed by atoms with Crippen LogP contribution in [0.25, 0.3) is 0 Å². The summed E-state index contributed by atoms with van der Waals surface area (Å²) in [4.78, 5) is 74.6. The highest BCUT2D eigenvalue weighted by Crippen LogP contribution is 2.35. The molecule has 1 aliphatic carbocycles. The number of benzene rings is 1. The van der Waals surface area contributed by atoms with E-state index < -0.39 is 78.5 Å². The van der Waals surface area contributed by atoms with E-state index in [0.717, 1.165) is 27.7 Å². The van der Waals surface area contributed by atoms with Crippen LogP contribution in [0.5, 0.6) is 0 Å². The first-order chi connectivity index (χ1) is 19.3. The fraction of sp³-hybridized carbons (Fsp3) is 0.407. The van der Waals surface area contributed by atoms with E-state index in [-0.39, 0.29) is 27.6 Å². The van der Waals surface area contributed by atoms with Crippen LogP contribution in [0.1, 0.15) is 54.8 Å². The Labute approximate surface area is 244 Å². The Hall–Kier alpha value is -3.74. The fourth-order valence-corrected chi connectivity index (χ4v) is 4.45. The van der Waals surface area contributed by atoms with Gasteiger partial charge in [-0.15, -0.1) is 0 Å². The minimum absolute atomic E-state index is 0.0304. The Balaban J connectivity index is 2.15. The molecule has 1 heterocycles. The second kappa shape index (κ2) is 13.7. The lowest BCUT2D eigenvalue weighted by Crippen LogP contribution is -2.63. The third kappa shape index (κ3) is 7.93. The average molecular weight is 613 g/mol. The number of hydrogen-bond donors (Lipinski definition) is 0. The van der Waals surface area contributed by atoms with Gasteiger partial charge < -0.3 is 28.4 Å². The second-order valence-corrected chi connectivity index (χ2v) is 9.90. The third-order valence-electron chi connectivity index (χ3n) is 5.81. The highest BCUT2D eigenvalue weighted by Gasteiger charge is 2.54. The minimum atomic E-state index is -1.72. The van der Waals surface area contributed by atoms with E-state index >= 15 is 0 Å². The molecule has 1 saturated heterocycles. The maximum absolute atomic E-state index is 13.6. The standard InChI is InChI=1S/C27H26Cl2O12/c1-12(30)36-11-19-24(37-13(2)31)25(38-14(3)32)26(39-15(4)33)27(40-19)41-23-18(9-10-20(28)29)21(34)16-7-5-6-8-17(16)22(23)35/h5-8,10,19,24-27H,9,11H2,1-4H3/t19-,24+,25-,26-,27-/m0/s1. The zero-order valence-corrected chi connectivity index (χ0v) is 23.9. The molecule has 14 heteroatoms. The quantitative estimate of drug-likeness (QED) is 0.297. The van der Waals surface area contributed by atoms with Gasteiger partial charge in [0.05, 0.1) is 5.57 Å². The Bertz CT molecular complexity index is 1310. The number of carbonyl (C=O) groups excluding carboxylic acids is 6. The molecule has 0 N–H and O–H groups in total. The third-order valence-corrected chi connectivity index (χ3v) is 6.12. The lowest BCUT2D eigenvalue weighted by Gasteiger charge is -2.44. The first-order valence-electron chi connectivity index (χ1n) is 12.2. The molecule has 220 valence electrons. The van der Waals surface area contributed by atoms with E-state index in [1.54, 1.807) is 12.1 Å². The maximum Gasteiger partial charge on any atom is 0.303 e. The number of allylic oxidation sites excluding steroid dienone is 3. The van der Waals surface area contributed by atoms with Crippen LogP contribution in [0.2, 0.25) is 0 Å². The van der Waals surface area contributed by atoms with Crippen molar-refractivity contribution in [3.8, 4) is 0 Å². The van der Waals surface area contributed by atoms with Crippen molar-refractivity contribution in [2.75, 3.05) is 6.61 Å². The molecule has 12 nitrogen and oxygen atoms in total. The molecule has 0 aromatic heterocycles. The summed E-state index contributed by atoms with van der Waals surface area (Å²) < 4.78 is 32.8. The summed E-state index contributed by atoms with van der Waals surface area (Å²) in [7, 11) is 0. The molecule has 0 spiro atoms. The molecule has 1 aromatic rings. The molecule has 2 aliphatic rings. The zero-order valence-electron chi connectivity index (χ0n) is 22.3. The number of halogens is 2.